The number of rotatable bonds is 14. The number of benzene rings is 17. The summed E-state index contributed by atoms with van der Waals surface area (Å²) in [4.78, 5) is 4.80. The van der Waals surface area contributed by atoms with Gasteiger partial charge >= 0.3 is 0 Å². The SMILES string of the molecule is Cc1ccc2c(-c3ccc(N(c4ccccc4)c4ccc5c(c4)c4cc(-c6ccc(-c7ccccc7)cc6)ccc4n5-c4ccccc4)cc3)c3ccccc3c(-c3ccc(N(c4ccccc4)c4ccc5c(c4)c4cc(-c6ccc(-c7ccccc7)cc6)ccc4n5-c4ccccc4)cc3)c2c1. The largest absolute Gasteiger partial charge is 0.310 e. The summed E-state index contributed by atoms with van der Waals surface area (Å²) in [5.41, 5.74) is 28.9. The standard InChI is InChI=1S/C99H68N4/c1-67-36-57-88-93(62-67)99(75-47-53-83(54-48-75)101(79-28-14-5-15-29-79)85-56-61-97-92(66-85)90-64-77(50-59-95(90)103(97)81-32-18-7-19-33-81)73-43-39-71(40-44-73)69-24-10-3-11-25-69)87-35-21-20-34-86(87)98(88)74-45-51-82(52-46-74)100(78-26-12-4-13-27-78)84-55-60-96-91(65-84)89-63-76(49-58-94(89)102(96)80-30-16-6-17-31-80)72-41-37-70(38-42-72)68-22-8-2-9-23-68/h2-66H,1H3. The van der Waals surface area contributed by atoms with E-state index in [0.717, 1.165) is 78.7 Å². The quantitative estimate of drug-likeness (QED) is 0.101. The number of anilines is 6. The molecule has 19 aromatic rings. The zero-order valence-corrected chi connectivity index (χ0v) is 56.8. The zero-order chi connectivity index (χ0) is 68.3. The molecule has 19 rings (SSSR count). The van der Waals surface area contributed by atoms with Gasteiger partial charge in [0.1, 0.15) is 0 Å². The van der Waals surface area contributed by atoms with E-state index in [2.05, 4.69) is 420 Å². The van der Waals surface area contributed by atoms with Gasteiger partial charge in [0, 0.05) is 67.0 Å². The van der Waals surface area contributed by atoms with Gasteiger partial charge in [0.25, 0.3) is 0 Å². The molecule has 0 saturated carbocycles. The fraction of sp³-hybridized carbons (Fsp3) is 0.0101. The second-order valence-electron chi connectivity index (χ2n) is 26.9. The third-order valence-corrected chi connectivity index (χ3v) is 20.7. The Balaban J connectivity index is 0.694. The molecule has 17 aromatic carbocycles. The predicted octanol–water partition coefficient (Wildman–Crippen LogP) is 27.4. The summed E-state index contributed by atoms with van der Waals surface area (Å²) < 4.78 is 4.82. The molecule has 0 N–H and O–H groups in total. The Morgan fingerprint density at radius 3 is 0.845 bits per heavy atom. The maximum atomic E-state index is 2.41. The van der Waals surface area contributed by atoms with E-state index < -0.39 is 0 Å². The van der Waals surface area contributed by atoms with Crippen molar-refractivity contribution in [3.8, 4) is 78.1 Å². The molecule has 2 aromatic heterocycles. The van der Waals surface area contributed by atoms with Crippen molar-refractivity contribution in [1.29, 1.82) is 0 Å². The third kappa shape index (κ3) is 10.9. The van der Waals surface area contributed by atoms with Crippen LogP contribution in [0.25, 0.3) is 143 Å². The van der Waals surface area contributed by atoms with Crippen LogP contribution in [0.2, 0.25) is 0 Å². The maximum absolute atomic E-state index is 2.41. The van der Waals surface area contributed by atoms with Gasteiger partial charge in [0.15, 0.2) is 0 Å². The number of nitrogens with zero attached hydrogens (tertiary/aromatic N) is 4. The van der Waals surface area contributed by atoms with Crippen LogP contribution >= 0.6 is 0 Å². The summed E-state index contributed by atoms with van der Waals surface area (Å²) in [5.74, 6) is 0. The van der Waals surface area contributed by atoms with Crippen LogP contribution in [-0.4, -0.2) is 9.13 Å². The summed E-state index contributed by atoms with van der Waals surface area (Å²) in [6, 6.07) is 145. The van der Waals surface area contributed by atoms with Crippen LogP contribution in [0.5, 0.6) is 0 Å². The highest BCUT2D eigenvalue weighted by molar-refractivity contribution is 6.22. The van der Waals surface area contributed by atoms with Gasteiger partial charge in [-0.3, -0.25) is 0 Å². The molecule has 0 saturated heterocycles. The highest BCUT2D eigenvalue weighted by atomic mass is 15.1. The molecule has 0 fully saturated rings. The highest BCUT2D eigenvalue weighted by Gasteiger charge is 2.24. The van der Waals surface area contributed by atoms with Crippen LogP contribution in [-0.2, 0) is 0 Å². The summed E-state index contributed by atoms with van der Waals surface area (Å²) in [5, 5.41) is 9.62. The van der Waals surface area contributed by atoms with Gasteiger partial charge in [-0.05, 0) is 229 Å². The summed E-state index contributed by atoms with van der Waals surface area (Å²) >= 11 is 0. The minimum Gasteiger partial charge on any atom is -0.310 e. The molecule has 0 unspecified atom stereocenters. The lowest BCUT2D eigenvalue weighted by atomic mass is 9.85. The fourth-order valence-electron chi connectivity index (χ4n) is 15.9. The normalized spacial score (nSPS) is 11.5. The molecule has 0 spiro atoms. The average Bonchev–Trinajstić information content (AvgIpc) is 1.74. The molecule has 2 heterocycles. The molecule has 0 atom stereocenters. The van der Waals surface area contributed by atoms with Crippen LogP contribution in [0.15, 0.2) is 394 Å². The van der Waals surface area contributed by atoms with Gasteiger partial charge in [-0.25, -0.2) is 0 Å². The lowest BCUT2D eigenvalue weighted by Crippen LogP contribution is -2.09. The first kappa shape index (κ1) is 60.6. The van der Waals surface area contributed by atoms with Crippen LogP contribution < -0.4 is 9.80 Å². The van der Waals surface area contributed by atoms with Gasteiger partial charge in [0.05, 0.1) is 22.1 Å². The number of para-hydroxylation sites is 4. The Kier molecular flexibility index (Phi) is 15.1. The van der Waals surface area contributed by atoms with Gasteiger partial charge in [-0.2, -0.15) is 0 Å². The molecular formula is C99H68N4. The third-order valence-electron chi connectivity index (χ3n) is 20.7. The zero-order valence-electron chi connectivity index (χ0n) is 56.8. The summed E-state index contributed by atoms with van der Waals surface area (Å²) in [7, 11) is 0. The van der Waals surface area contributed by atoms with Crippen LogP contribution in [0.4, 0.5) is 34.1 Å². The van der Waals surface area contributed by atoms with Crippen LogP contribution in [0.1, 0.15) is 5.56 Å². The summed E-state index contributed by atoms with van der Waals surface area (Å²) in [6.07, 6.45) is 0. The van der Waals surface area contributed by atoms with E-state index in [4.69, 9.17) is 0 Å². The highest BCUT2D eigenvalue weighted by Crippen LogP contribution is 2.48. The maximum Gasteiger partial charge on any atom is 0.0542 e. The van der Waals surface area contributed by atoms with E-state index in [1.165, 1.54) is 104 Å². The van der Waals surface area contributed by atoms with Crippen molar-refractivity contribution in [3.63, 3.8) is 0 Å². The Morgan fingerprint density at radius 2 is 0.447 bits per heavy atom. The minimum absolute atomic E-state index is 1.07. The van der Waals surface area contributed by atoms with Crippen molar-refractivity contribution in [2.75, 3.05) is 9.80 Å². The second kappa shape index (κ2) is 25.6. The molecule has 103 heavy (non-hydrogen) atoms. The average molecular weight is 1310 g/mol. The number of aromatic nitrogens is 2. The van der Waals surface area contributed by atoms with Crippen LogP contribution in [0, 0.1) is 6.92 Å². The van der Waals surface area contributed by atoms with Gasteiger partial charge < -0.3 is 18.9 Å². The second-order valence-corrected chi connectivity index (χ2v) is 26.9. The smallest absolute Gasteiger partial charge is 0.0542 e. The molecule has 0 radical (unpaired) electrons. The first-order valence-corrected chi connectivity index (χ1v) is 35.5. The number of aryl methyl sites for hydroxylation is 1. The van der Waals surface area contributed by atoms with Crippen molar-refractivity contribution in [2.45, 2.75) is 6.92 Å². The topological polar surface area (TPSA) is 16.3 Å². The molecule has 0 amide bonds. The number of fused-ring (bicyclic) bond motifs is 8. The van der Waals surface area contributed by atoms with Crippen molar-refractivity contribution < 1.29 is 0 Å². The molecule has 4 nitrogen and oxygen atoms in total. The van der Waals surface area contributed by atoms with Gasteiger partial charge in [-0.15, -0.1) is 0 Å². The van der Waals surface area contributed by atoms with E-state index >= 15 is 0 Å². The molecule has 484 valence electrons. The van der Waals surface area contributed by atoms with Crippen molar-refractivity contribution in [2.24, 2.45) is 0 Å². The molecule has 0 aliphatic heterocycles. The number of hydrogen-bond donors (Lipinski definition) is 0. The van der Waals surface area contributed by atoms with Crippen molar-refractivity contribution in [3.05, 3.63) is 400 Å². The molecule has 0 aliphatic rings. The van der Waals surface area contributed by atoms with Crippen molar-refractivity contribution in [1.82, 2.24) is 9.13 Å². The first-order chi connectivity index (χ1) is 51.0. The minimum atomic E-state index is 1.07. The molecule has 4 heteroatoms. The first-order valence-electron chi connectivity index (χ1n) is 35.5. The Bertz CT molecular complexity index is 6350. The number of hydrogen-bond acceptors (Lipinski definition) is 2. The Morgan fingerprint density at radius 1 is 0.175 bits per heavy atom. The van der Waals surface area contributed by atoms with E-state index in [1.54, 1.807) is 0 Å². The van der Waals surface area contributed by atoms with Gasteiger partial charge in [-0.1, -0.05) is 266 Å². The molecular weight excluding hydrogens is 1250 g/mol. The van der Waals surface area contributed by atoms with Crippen molar-refractivity contribution >= 4 is 99.3 Å². The molecule has 0 bridgehead atoms. The van der Waals surface area contributed by atoms with E-state index in [9.17, 15) is 0 Å². The van der Waals surface area contributed by atoms with E-state index in [1.807, 2.05) is 0 Å². The van der Waals surface area contributed by atoms with Crippen LogP contribution in [0.3, 0.4) is 0 Å². The van der Waals surface area contributed by atoms with Gasteiger partial charge in [0.2, 0.25) is 0 Å². The fourth-order valence-corrected chi connectivity index (χ4v) is 15.9. The Labute approximate surface area is 599 Å². The lowest BCUT2D eigenvalue weighted by Gasteiger charge is -2.26. The molecule has 0 aliphatic carbocycles. The lowest BCUT2D eigenvalue weighted by molar-refractivity contribution is 1.18. The summed E-state index contributed by atoms with van der Waals surface area (Å²) in [6.45, 7) is 2.21. The van der Waals surface area contributed by atoms with E-state index in [-0.39, 0.29) is 0 Å². The monoisotopic (exact) mass is 1310 g/mol. The van der Waals surface area contributed by atoms with E-state index in [0.29, 0.717) is 0 Å². The predicted molar refractivity (Wildman–Crippen MR) is 437 cm³/mol. The Hall–Kier alpha value is -13.5.